The SMILES string of the molecule is CCOCCOCc1cc2ccccc2nc1Cl. The molecule has 2 aromatic rings. The molecule has 4 heteroatoms. The van der Waals surface area contributed by atoms with Crippen molar-refractivity contribution >= 4 is 22.5 Å². The lowest BCUT2D eigenvalue weighted by molar-refractivity contribution is 0.0453. The third kappa shape index (κ3) is 3.42. The summed E-state index contributed by atoms with van der Waals surface area (Å²) in [6.45, 7) is 4.31. The van der Waals surface area contributed by atoms with Gasteiger partial charge in [-0.3, -0.25) is 0 Å². The maximum Gasteiger partial charge on any atom is 0.135 e. The van der Waals surface area contributed by atoms with Gasteiger partial charge >= 0.3 is 0 Å². The molecular formula is C14H16ClNO2. The van der Waals surface area contributed by atoms with Gasteiger partial charge in [0, 0.05) is 17.6 Å². The van der Waals surface area contributed by atoms with Crippen LogP contribution in [0.15, 0.2) is 30.3 Å². The van der Waals surface area contributed by atoms with E-state index in [-0.39, 0.29) is 0 Å². The zero-order chi connectivity index (χ0) is 12.8. The summed E-state index contributed by atoms with van der Waals surface area (Å²) in [6.07, 6.45) is 0. The molecule has 0 fully saturated rings. The quantitative estimate of drug-likeness (QED) is 0.592. The fourth-order valence-electron chi connectivity index (χ4n) is 1.68. The average molecular weight is 266 g/mol. The second-order valence-electron chi connectivity index (χ2n) is 3.88. The highest BCUT2D eigenvalue weighted by Crippen LogP contribution is 2.20. The van der Waals surface area contributed by atoms with Gasteiger partial charge in [-0.1, -0.05) is 29.8 Å². The van der Waals surface area contributed by atoms with Crippen molar-refractivity contribution in [3.63, 3.8) is 0 Å². The van der Waals surface area contributed by atoms with Crippen LogP contribution in [-0.4, -0.2) is 24.8 Å². The second kappa shape index (κ2) is 6.69. The summed E-state index contributed by atoms with van der Waals surface area (Å²) in [5, 5.41) is 1.58. The van der Waals surface area contributed by atoms with E-state index in [0.717, 1.165) is 16.5 Å². The number of pyridine rings is 1. The van der Waals surface area contributed by atoms with Crippen molar-refractivity contribution in [3.8, 4) is 0 Å². The molecule has 0 spiro atoms. The molecule has 0 saturated heterocycles. The maximum atomic E-state index is 6.12. The molecule has 2 rings (SSSR count). The van der Waals surface area contributed by atoms with Gasteiger partial charge in [0.15, 0.2) is 0 Å². The standard InChI is InChI=1S/C14H16ClNO2/c1-2-17-7-8-18-10-12-9-11-5-3-4-6-13(11)16-14(12)15/h3-6,9H,2,7-8,10H2,1H3. The van der Waals surface area contributed by atoms with Gasteiger partial charge in [-0.25, -0.2) is 4.98 Å². The van der Waals surface area contributed by atoms with Gasteiger partial charge in [-0.2, -0.15) is 0 Å². The van der Waals surface area contributed by atoms with Crippen molar-refractivity contribution in [2.45, 2.75) is 13.5 Å². The minimum atomic E-state index is 0.462. The van der Waals surface area contributed by atoms with Crippen LogP contribution in [0.5, 0.6) is 0 Å². The summed E-state index contributed by atoms with van der Waals surface area (Å²) in [5.74, 6) is 0. The summed E-state index contributed by atoms with van der Waals surface area (Å²) >= 11 is 6.12. The number of hydrogen-bond acceptors (Lipinski definition) is 3. The number of hydrogen-bond donors (Lipinski definition) is 0. The van der Waals surface area contributed by atoms with Crippen LogP contribution in [0.1, 0.15) is 12.5 Å². The van der Waals surface area contributed by atoms with Crippen LogP contribution in [-0.2, 0) is 16.1 Å². The predicted octanol–water partition coefficient (Wildman–Crippen LogP) is 3.44. The number of halogens is 1. The van der Waals surface area contributed by atoms with Gasteiger partial charge in [0.2, 0.25) is 0 Å². The van der Waals surface area contributed by atoms with Crippen LogP contribution in [0.4, 0.5) is 0 Å². The molecule has 0 atom stereocenters. The molecular weight excluding hydrogens is 250 g/mol. The van der Waals surface area contributed by atoms with Crippen LogP contribution in [0, 0.1) is 0 Å². The Morgan fingerprint density at radius 1 is 1.17 bits per heavy atom. The van der Waals surface area contributed by atoms with Gasteiger partial charge in [0.25, 0.3) is 0 Å². The molecule has 0 aliphatic rings. The van der Waals surface area contributed by atoms with E-state index in [1.807, 2.05) is 37.3 Å². The Kier molecular flexibility index (Phi) is 4.93. The highest BCUT2D eigenvalue weighted by Gasteiger charge is 2.04. The first-order chi connectivity index (χ1) is 8.81. The molecule has 18 heavy (non-hydrogen) atoms. The third-order valence-electron chi connectivity index (χ3n) is 2.58. The van der Waals surface area contributed by atoms with Crippen LogP contribution >= 0.6 is 11.6 Å². The number of aromatic nitrogens is 1. The summed E-state index contributed by atoms with van der Waals surface area (Å²) in [4.78, 5) is 4.34. The van der Waals surface area contributed by atoms with E-state index in [1.54, 1.807) is 0 Å². The molecule has 1 aromatic heterocycles. The van der Waals surface area contributed by atoms with Crippen LogP contribution in [0.2, 0.25) is 5.15 Å². The zero-order valence-electron chi connectivity index (χ0n) is 10.4. The van der Waals surface area contributed by atoms with Gasteiger partial charge in [-0.05, 0) is 19.1 Å². The molecule has 0 aliphatic heterocycles. The minimum absolute atomic E-state index is 0.462. The molecule has 3 nitrogen and oxygen atoms in total. The van der Waals surface area contributed by atoms with E-state index in [1.165, 1.54) is 0 Å². The van der Waals surface area contributed by atoms with Crippen molar-refractivity contribution in [1.82, 2.24) is 4.98 Å². The van der Waals surface area contributed by atoms with E-state index in [2.05, 4.69) is 4.98 Å². The maximum absolute atomic E-state index is 6.12. The molecule has 96 valence electrons. The second-order valence-corrected chi connectivity index (χ2v) is 4.24. The lowest BCUT2D eigenvalue weighted by Gasteiger charge is -2.07. The highest BCUT2D eigenvalue weighted by molar-refractivity contribution is 6.30. The lowest BCUT2D eigenvalue weighted by atomic mass is 10.2. The molecule has 1 aromatic carbocycles. The summed E-state index contributed by atoms with van der Waals surface area (Å²) in [6, 6.07) is 9.91. The van der Waals surface area contributed by atoms with Gasteiger partial charge < -0.3 is 9.47 Å². The Hall–Kier alpha value is -1.16. The van der Waals surface area contributed by atoms with E-state index in [9.17, 15) is 0 Å². The Morgan fingerprint density at radius 3 is 2.78 bits per heavy atom. The molecule has 1 heterocycles. The van der Waals surface area contributed by atoms with Gasteiger partial charge in [0.1, 0.15) is 5.15 Å². The molecule has 0 saturated carbocycles. The number of ether oxygens (including phenoxy) is 2. The number of benzene rings is 1. The summed E-state index contributed by atoms with van der Waals surface area (Å²) < 4.78 is 10.7. The third-order valence-corrected chi connectivity index (χ3v) is 2.91. The number of fused-ring (bicyclic) bond motifs is 1. The van der Waals surface area contributed by atoms with E-state index < -0.39 is 0 Å². The summed E-state index contributed by atoms with van der Waals surface area (Å²) in [5.41, 5.74) is 1.81. The molecule has 0 radical (unpaired) electrons. The van der Waals surface area contributed by atoms with Gasteiger partial charge in [0.05, 0.1) is 25.3 Å². The van der Waals surface area contributed by atoms with Crippen LogP contribution in [0.3, 0.4) is 0 Å². The largest absolute Gasteiger partial charge is 0.379 e. The monoisotopic (exact) mass is 265 g/mol. The molecule has 0 bridgehead atoms. The average Bonchev–Trinajstić information content (AvgIpc) is 2.39. The summed E-state index contributed by atoms with van der Waals surface area (Å²) in [7, 11) is 0. The number of para-hydroxylation sites is 1. The van der Waals surface area contributed by atoms with Crippen molar-refractivity contribution in [3.05, 3.63) is 41.0 Å². The molecule has 0 N–H and O–H groups in total. The minimum Gasteiger partial charge on any atom is -0.379 e. The fraction of sp³-hybridized carbons (Fsp3) is 0.357. The Balaban J connectivity index is 2.01. The number of nitrogens with zero attached hydrogens (tertiary/aromatic N) is 1. The Bertz CT molecular complexity index is 516. The first-order valence-electron chi connectivity index (χ1n) is 6.01. The van der Waals surface area contributed by atoms with Crippen molar-refractivity contribution in [2.24, 2.45) is 0 Å². The van der Waals surface area contributed by atoms with E-state index >= 15 is 0 Å². The van der Waals surface area contributed by atoms with Crippen molar-refractivity contribution in [2.75, 3.05) is 19.8 Å². The normalized spacial score (nSPS) is 11.0. The number of rotatable bonds is 6. The highest BCUT2D eigenvalue weighted by atomic mass is 35.5. The zero-order valence-corrected chi connectivity index (χ0v) is 11.1. The van der Waals surface area contributed by atoms with Crippen LogP contribution in [0.25, 0.3) is 10.9 Å². The first-order valence-corrected chi connectivity index (χ1v) is 6.38. The van der Waals surface area contributed by atoms with E-state index in [0.29, 0.717) is 31.6 Å². The van der Waals surface area contributed by atoms with E-state index in [4.69, 9.17) is 21.1 Å². The molecule has 0 aliphatic carbocycles. The Morgan fingerprint density at radius 2 is 1.94 bits per heavy atom. The molecule has 0 amide bonds. The smallest absolute Gasteiger partial charge is 0.135 e. The topological polar surface area (TPSA) is 31.4 Å². The fourth-order valence-corrected chi connectivity index (χ4v) is 1.88. The van der Waals surface area contributed by atoms with Gasteiger partial charge in [-0.15, -0.1) is 0 Å². The molecule has 0 unspecified atom stereocenters. The Labute approximate surface area is 112 Å². The van der Waals surface area contributed by atoms with Crippen molar-refractivity contribution in [1.29, 1.82) is 0 Å². The first kappa shape index (κ1) is 13.3. The predicted molar refractivity (Wildman–Crippen MR) is 72.9 cm³/mol. The lowest BCUT2D eigenvalue weighted by Crippen LogP contribution is -2.04. The van der Waals surface area contributed by atoms with Crippen LogP contribution < -0.4 is 0 Å². The van der Waals surface area contributed by atoms with Crippen molar-refractivity contribution < 1.29 is 9.47 Å².